The first-order chi connectivity index (χ1) is 6.49. The third-order valence-corrected chi connectivity index (χ3v) is 1.95. The monoisotopic (exact) mass is 202 g/mol. The number of amides is 1. The Balaban J connectivity index is 3.91. The molecular weight excluding hydrogens is 184 g/mol. The molecule has 14 heavy (non-hydrogen) atoms. The van der Waals surface area contributed by atoms with Gasteiger partial charge in [-0.1, -0.05) is 13.3 Å². The maximum atomic E-state index is 11.5. The lowest BCUT2D eigenvalue weighted by Gasteiger charge is -2.20. The molecule has 0 aromatic heterocycles. The van der Waals surface area contributed by atoms with Crippen LogP contribution in [0.5, 0.6) is 0 Å². The van der Waals surface area contributed by atoms with Gasteiger partial charge in [0.2, 0.25) is 5.91 Å². The number of likely N-dealkylation sites (N-methyl/N-ethyl adjacent to an activating group) is 1. The lowest BCUT2D eigenvalue weighted by atomic mass is 10.1. The Morgan fingerprint density at radius 2 is 2.07 bits per heavy atom. The normalized spacial score (nSPS) is 12.2. The van der Waals surface area contributed by atoms with Gasteiger partial charge < -0.3 is 15.7 Å². The van der Waals surface area contributed by atoms with Gasteiger partial charge >= 0.3 is 5.97 Å². The fourth-order valence-electron chi connectivity index (χ4n) is 1.09. The first kappa shape index (κ1) is 12.9. The van der Waals surface area contributed by atoms with Gasteiger partial charge in [0.15, 0.2) is 0 Å². The zero-order valence-electron chi connectivity index (χ0n) is 8.69. The van der Waals surface area contributed by atoms with Gasteiger partial charge in [0.1, 0.15) is 0 Å². The lowest BCUT2D eigenvalue weighted by Crippen LogP contribution is -2.42. The second-order valence-corrected chi connectivity index (χ2v) is 3.30. The van der Waals surface area contributed by atoms with Crippen LogP contribution in [0.3, 0.4) is 0 Å². The van der Waals surface area contributed by atoms with Crippen molar-refractivity contribution in [3.8, 4) is 0 Å². The van der Waals surface area contributed by atoms with E-state index in [-0.39, 0.29) is 18.9 Å². The van der Waals surface area contributed by atoms with Gasteiger partial charge in [-0.15, -0.1) is 0 Å². The third-order valence-electron chi connectivity index (χ3n) is 1.95. The van der Waals surface area contributed by atoms with Gasteiger partial charge in [0, 0.05) is 13.6 Å². The Labute approximate surface area is 83.9 Å². The van der Waals surface area contributed by atoms with Gasteiger partial charge in [-0.05, 0) is 6.42 Å². The quantitative estimate of drug-likeness (QED) is 0.637. The van der Waals surface area contributed by atoms with Gasteiger partial charge in [0.05, 0.1) is 12.5 Å². The summed E-state index contributed by atoms with van der Waals surface area (Å²) in [6.07, 6.45) is 1.44. The van der Waals surface area contributed by atoms with E-state index in [1.165, 1.54) is 4.90 Å². The van der Waals surface area contributed by atoms with Crippen LogP contribution < -0.4 is 5.73 Å². The summed E-state index contributed by atoms with van der Waals surface area (Å²) in [5.74, 6) is -1.10. The third kappa shape index (κ3) is 4.81. The number of carbonyl (C=O) groups is 2. The van der Waals surface area contributed by atoms with Gasteiger partial charge in [-0.25, -0.2) is 0 Å². The smallest absolute Gasteiger partial charge is 0.305 e. The molecule has 0 aromatic carbocycles. The van der Waals surface area contributed by atoms with Crippen molar-refractivity contribution in [3.63, 3.8) is 0 Å². The van der Waals surface area contributed by atoms with Crippen molar-refractivity contribution >= 4 is 11.9 Å². The molecular formula is C9H18N2O3. The lowest BCUT2D eigenvalue weighted by molar-refractivity contribution is -0.138. The van der Waals surface area contributed by atoms with Crippen molar-refractivity contribution < 1.29 is 14.7 Å². The summed E-state index contributed by atoms with van der Waals surface area (Å²) in [5, 5.41) is 8.42. The van der Waals surface area contributed by atoms with Gasteiger partial charge in [0.25, 0.3) is 0 Å². The molecule has 5 nitrogen and oxygen atoms in total. The van der Waals surface area contributed by atoms with Gasteiger partial charge in [-0.2, -0.15) is 0 Å². The molecule has 0 fully saturated rings. The largest absolute Gasteiger partial charge is 0.481 e. The average molecular weight is 202 g/mol. The molecule has 1 atom stereocenters. The van der Waals surface area contributed by atoms with E-state index >= 15 is 0 Å². The first-order valence-corrected chi connectivity index (χ1v) is 4.71. The summed E-state index contributed by atoms with van der Waals surface area (Å²) < 4.78 is 0. The number of rotatable bonds is 6. The Morgan fingerprint density at radius 3 is 2.50 bits per heavy atom. The molecule has 3 N–H and O–H groups in total. The van der Waals surface area contributed by atoms with Crippen molar-refractivity contribution in [2.45, 2.75) is 32.2 Å². The molecule has 0 heterocycles. The number of aliphatic carboxylic acids is 1. The molecule has 0 bridgehead atoms. The van der Waals surface area contributed by atoms with E-state index in [0.29, 0.717) is 6.42 Å². The van der Waals surface area contributed by atoms with E-state index in [1.54, 1.807) is 7.05 Å². The summed E-state index contributed by atoms with van der Waals surface area (Å²) in [6.45, 7) is 2.16. The zero-order valence-corrected chi connectivity index (χ0v) is 8.69. The topological polar surface area (TPSA) is 83.6 Å². The highest BCUT2D eigenvalue weighted by atomic mass is 16.4. The van der Waals surface area contributed by atoms with Crippen molar-refractivity contribution in [2.24, 2.45) is 5.73 Å². The molecule has 5 heteroatoms. The maximum Gasteiger partial charge on any atom is 0.305 e. The molecule has 1 amide bonds. The van der Waals surface area contributed by atoms with Crippen LogP contribution in [-0.2, 0) is 9.59 Å². The summed E-state index contributed by atoms with van der Waals surface area (Å²) in [6, 6.07) is -0.501. The Kier molecular flexibility index (Phi) is 5.87. The van der Waals surface area contributed by atoms with E-state index in [2.05, 4.69) is 0 Å². The second kappa shape index (κ2) is 6.37. The van der Waals surface area contributed by atoms with Crippen LogP contribution in [0.1, 0.15) is 26.2 Å². The van der Waals surface area contributed by atoms with Crippen molar-refractivity contribution in [1.82, 2.24) is 4.90 Å². The van der Waals surface area contributed by atoms with E-state index in [0.717, 1.165) is 6.42 Å². The molecule has 0 aromatic rings. The van der Waals surface area contributed by atoms with Crippen molar-refractivity contribution in [1.29, 1.82) is 0 Å². The molecule has 0 unspecified atom stereocenters. The predicted molar refractivity (Wildman–Crippen MR) is 52.8 cm³/mol. The zero-order chi connectivity index (χ0) is 11.1. The number of hydrogen-bond donors (Lipinski definition) is 2. The van der Waals surface area contributed by atoms with Gasteiger partial charge in [-0.3, -0.25) is 9.59 Å². The van der Waals surface area contributed by atoms with E-state index < -0.39 is 12.0 Å². The minimum absolute atomic E-state index is 0.0406. The Hall–Kier alpha value is -1.10. The van der Waals surface area contributed by atoms with Crippen LogP contribution in [0.25, 0.3) is 0 Å². The Bertz CT molecular complexity index is 206. The number of nitrogens with two attached hydrogens (primary N) is 1. The molecule has 0 saturated heterocycles. The molecule has 0 saturated carbocycles. The standard InChI is InChI=1S/C9H18N2O3/c1-3-4-7(10)9(14)11(2)6-5-8(12)13/h7H,3-6,10H2,1-2H3,(H,12,13)/t7-/m1/s1. The molecule has 82 valence electrons. The predicted octanol–water partition coefficient (Wildman–Crippen LogP) is 0.0469. The van der Waals surface area contributed by atoms with Crippen LogP contribution in [0.4, 0.5) is 0 Å². The molecule has 0 spiro atoms. The summed E-state index contributed by atoms with van der Waals surface area (Å²) in [5.41, 5.74) is 5.60. The molecule has 0 radical (unpaired) electrons. The summed E-state index contributed by atoms with van der Waals surface area (Å²) >= 11 is 0. The number of carboxylic acid groups (broad SMARTS) is 1. The summed E-state index contributed by atoms with van der Waals surface area (Å²) in [4.78, 5) is 23.1. The minimum Gasteiger partial charge on any atom is -0.481 e. The van der Waals surface area contributed by atoms with Crippen molar-refractivity contribution in [2.75, 3.05) is 13.6 Å². The van der Waals surface area contributed by atoms with Crippen LogP contribution in [0, 0.1) is 0 Å². The fraction of sp³-hybridized carbons (Fsp3) is 0.778. The number of carbonyl (C=O) groups excluding carboxylic acids is 1. The number of nitrogens with zero attached hydrogens (tertiary/aromatic N) is 1. The number of hydrogen-bond acceptors (Lipinski definition) is 3. The molecule has 0 aliphatic carbocycles. The van der Waals surface area contributed by atoms with Crippen LogP contribution >= 0.6 is 0 Å². The number of carboxylic acids is 1. The second-order valence-electron chi connectivity index (χ2n) is 3.30. The SMILES string of the molecule is CCC[C@@H](N)C(=O)N(C)CCC(=O)O. The highest BCUT2D eigenvalue weighted by Gasteiger charge is 2.17. The molecule has 0 aliphatic rings. The van der Waals surface area contributed by atoms with Crippen LogP contribution in [0.2, 0.25) is 0 Å². The molecule has 0 rings (SSSR count). The first-order valence-electron chi connectivity index (χ1n) is 4.71. The van der Waals surface area contributed by atoms with E-state index in [4.69, 9.17) is 10.8 Å². The van der Waals surface area contributed by atoms with Crippen LogP contribution in [-0.4, -0.2) is 41.5 Å². The average Bonchev–Trinajstić information content (AvgIpc) is 2.13. The fourth-order valence-corrected chi connectivity index (χ4v) is 1.09. The van der Waals surface area contributed by atoms with Crippen LogP contribution in [0.15, 0.2) is 0 Å². The minimum atomic E-state index is -0.909. The summed E-state index contributed by atoms with van der Waals surface area (Å²) in [7, 11) is 1.57. The highest BCUT2D eigenvalue weighted by molar-refractivity contribution is 5.81. The molecule has 0 aliphatic heterocycles. The highest BCUT2D eigenvalue weighted by Crippen LogP contribution is 1.99. The van der Waals surface area contributed by atoms with E-state index in [1.807, 2.05) is 6.92 Å². The Morgan fingerprint density at radius 1 is 1.50 bits per heavy atom. The van der Waals surface area contributed by atoms with Crippen molar-refractivity contribution in [3.05, 3.63) is 0 Å². The van der Waals surface area contributed by atoms with E-state index in [9.17, 15) is 9.59 Å². The maximum absolute atomic E-state index is 11.5.